The van der Waals surface area contributed by atoms with Crippen molar-refractivity contribution in [3.8, 4) is 0 Å². The molecule has 0 spiro atoms. The van der Waals surface area contributed by atoms with E-state index < -0.39 is 0 Å². The number of amides is 1. The third kappa shape index (κ3) is 3.77. The fourth-order valence-electron chi connectivity index (χ4n) is 1.63. The Morgan fingerprint density at radius 3 is 2.65 bits per heavy atom. The molecule has 0 fully saturated rings. The minimum absolute atomic E-state index is 0.00815. The molecule has 3 heteroatoms. The molecule has 0 aromatic heterocycles. The number of hydrogen-bond donors (Lipinski definition) is 2. The molecule has 1 rings (SSSR count). The minimum Gasteiger partial charge on any atom is -0.349 e. The van der Waals surface area contributed by atoms with Gasteiger partial charge in [-0.25, -0.2) is 0 Å². The van der Waals surface area contributed by atoms with Gasteiger partial charge in [-0.3, -0.25) is 4.79 Å². The van der Waals surface area contributed by atoms with Crippen LogP contribution >= 0.6 is 12.6 Å². The summed E-state index contributed by atoms with van der Waals surface area (Å²) >= 11 is 4.27. The van der Waals surface area contributed by atoms with Crippen LogP contribution in [-0.2, 0) is 0 Å². The van der Waals surface area contributed by atoms with Gasteiger partial charge in [0.1, 0.15) is 0 Å². The van der Waals surface area contributed by atoms with Crippen LogP contribution in [0.2, 0.25) is 0 Å². The number of rotatable bonds is 4. The molecule has 0 saturated heterocycles. The minimum atomic E-state index is -0.00815. The molecule has 0 aliphatic carbocycles. The zero-order valence-corrected chi connectivity index (χ0v) is 11.8. The lowest BCUT2D eigenvalue weighted by molar-refractivity contribution is 0.0927. The third-order valence-corrected chi connectivity index (χ3v) is 3.60. The van der Waals surface area contributed by atoms with Crippen molar-refractivity contribution in [3.05, 3.63) is 29.3 Å². The highest BCUT2D eigenvalue weighted by Crippen LogP contribution is 2.15. The molecular weight excluding hydrogens is 230 g/mol. The molecular formula is C14H21NOS. The van der Waals surface area contributed by atoms with Gasteiger partial charge < -0.3 is 5.32 Å². The summed E-state index contributed by atoms with van der Waals surface area (Å²) in [6.07, 6.45) is 1.06. The van der Waals surface area contributed by atoms with E-state index in [1.54, 1.807) is 0 Å². The Bertz CT molecular complexity index is 403. The second-order valence-electron chi connectivity index (χ2n) is 4.65. The summed E-state index contributed by atoms with van der Waals surface area (Å²) in [5, 5.41) is 3.04. The van der Waals surface area contributed by atoms with Crippen LogP contribution in [0.3, 0.4) is 0 Å². The number of nitrogens with one attached hydrogen (secondary N) is 1. The number of hydrogen-bond acceptors (Lipinski definition) is 2. The highest BCUT2D eigenvalue weighted by molar-refractivity contribution is 7.80. The summed E-state index contributed by atoms with van der Waals surface area (Å²) in [5.41, 5.74) is 1.70. The van der Waals surface area contributed by atoms with Crippen molar-refractivity contribution in [1.29, 1.82) is 0 Å². The maximum absolute atomic E-state index is 12.1. The van der Waals surface area contributed by atoms with Crippen LogP contribution in [0, 0.1) is 12.8 Å². The molecule has 0 aliphatic rings. The van der Waals surface area contributed by atoms with Gasteiger partial charge in [-0.05, 0) is 37.5 Å². The van der Waals surface area contributed by atoms with E-state index >= 15 is 0 Å². The lowest BCUT2D eigenvalue weighted by Crippen LogP contribution is -2.37. The van der Waals surface area contributed by atoms with Gasteiger partial charge in [0.15, 0.2) is 0 Å². The second kappa shape index (κ2) is 6.10. The van der Waals surface area contributed by atoms with E-state index in [0.717, 1.165) is 16.9 Å². The van der Waals surface area contributed by atoms with Crippen LogP contribution in [0.15, 0.2) is 23.1 Å². The van der Waals surface area contributed by atoms with Crippen molar-refractivity contribution in [2.75, 3.05) is 0 Å². The Morgan fingerprint density at radius 2 is 2.06 bits per heavy atom. The van der Waals surface area contributed by atoms with E-state index in [4.69, 9.17) is 0 Å². The third-order valence-electron chi connectivity index (χ3n) is 3.32. The van der Waals surface area contributed by atoms with Crippen LogP contribution in [0.1, 0.15) is 43.1 Å². The molecule has 0 aliphatic heterocycles. The predicted octanol–water partition coefficient (Wildman–Crippen LogP) is 3.45. The average Bonchev–Trinajstić information content (AvgIpc) is 2.30. The van der Waals surface area contributed by atoms with Gasteiger partial charge in [0.05, 0.1) is 0 Å². The van der Waals surface area contributed by atoms with E-state index in [9.17, 15) is 4.79 Å². The lowest BCUT2D eigenvalue weighted by atomic mass is 10.00. The second-order valence-corrected chi connectivity index (χ2v) is 5.16. The average molecular weight is 251 g/mol. The molecule has 1 N–H and O–H groups in total. The maximum Gasteiger partial charge on any atom is 0.251 e. The molecule has 2 atom stereocenters. The summed E-state index contributed by atoms with van der Waals surface area (Å²) in [6.45, 7) is 8.27. The number of aryl methyl sites for hydroxylation is 1. The lowest BCUT2D eigenvalue weighted by Gasteiger charge is -2.20. The van der Waals surface area contributed by atoms with Crippen molar-refractivity contribution >= 4 is 18.5 Å². The predicted molar refractivity (Wildman–Crippen MR) is 74.8 cm³/mol. The van der Waals surface area contributed by atoms with Crippen LogP contribution in [-0.4, -0.2) is 11.9 Å². The number of carbonyl (C=O) groups excluding carboxylic acids is 1. The first kappa shape index (κ1) is 14.1. The Hall–Kier alpha value is -0.960. The highest BCUT2D eigenvalue weighted by Gasteiger charge is 2.15. The first-order valence-electron chi connectivity index (χ1n) is 6.06. The molecule has 1 aromatic carbocycles. The number of benzene rings is 1. The summed E-state index contributed by atoms with van der Waals surface area (Å²) in [5.74, 6) is 0.477. The van der Waals surface area contributed by atoms with Gasteiger partial charge in [-0.2, -0.15) is 0 Å². The van der Waals surface area contributed by atoms with Crippen LogP contribution < -0.4 is 5.32 Å². The van der Waals surface area contributed by atoms with Gasteiger partial charge in [0.25, 0.3) is 5.91 Å². The Labute approximate surface area is 109 Å². The zero-order chi connectivity index (χ0) is 13.0. The van der Waals surface area contributed by atoms with Crippen LogP contribution in [0.4, 0.5) is 0 Å². The van der Waals surface area contributed by atoms with Crippen LogP contribution in [0.25, 0.3) is 0 Å². The molecule has 2 nitrogen and oxygen atoms in total. The molecule has 0 radical (unpaired) electrons. The summed E-state index contributed by atoms with van der Waals surface area (Å²) in [7, 11) is 0. The van der Waals surface area contributed by atoms with E-state index in [0.29, 0.717) is 11.5 Å². The van der Waals surface area contributed by atoms with E-state index in [1.165, 1.54) is 0 Å². The maximum atomic E-state index is 12.1. The van der Waals surface area contributed by atoms with Gasteiger partial charge >= 0.3 is 0 Å². The zero-order valence-electron chi connectivity index (χ0n) is 10.9. The fourth-order valence-corrected chi connectivity index (χ4v) is 1.84. The first-order valence-corrected chi connectivity index (χ1v) is 6.51. The molecule has 2 unspecified atom stereocenters. The van der Waals surface area contributed by atoms with Crippen molar-refractivity contribution in [1.82, 2.24) is 5.32 Å². The number of thiol groups is 1. The largest absolute Gasteiger partial charge is 0.349 e. The summed E-state index contributed by atoms with van der Waals surface area (Å²) in [4.78, 5) is 12.9. The molecule has 17 heavy (non-hydrogen) atoms. The van der Waals surface area contributed by atoms with Gasteiger partial charge in [0.2, 0.25) is 0 Å². The number of carbonyl (C=O) groups is 1. The normalized spacial score (nSPS) is 14.2. The molecule has 0 saturated carbocycles. The van der Waals surface area contributed by atoms with Crippen LogP contribution in [0.5, 0.6) is 0 Å². The Balaban J connectivity index is 2.79. The van der Waals surface area contributed by atoms with E-state index in [2.05, 4.69) is 31.8 Å². The first-order chi connectivity index (χ1) is 7.95. The quantitative estimate of drug-likeness (QED) is 0.789. The highest BCUT2D eigenvalue weighted by atomic mass is 32.1. The van der Waals surface area contributed by atoms with Crippen molar-refractivity contribution in [2.45, 2.75) is 45.1 Å². The summed E-state index contributed by atoms with van der Waals surface area (Å²) < 4.78 is 0. The fraction of sp³-hybridized carbons (Fsp3) is 0.500. The van der Waals surface area contributed by atoms with Gasteiger partial charge in [-0.15, -0.1) is 12.6 Å². The van der Waals surface area contributed by atoms with Gasteiger partial charge in [-0.1, -0.05) is 26.3 Å². The molecule has 0 bridgehead atoms. The monoisotopic (exact) mass is 251 g/mol. The van der Waals surface area contributed by atoms with Crippen molar-refractivity contribution < 1.29 is 4.79 Å². The van der Waals surface area contributed by atoms with Crippen molar-refractivity contribution in [2.24, 2.45) is 5.92 Å². The topological polar surface area (TPSA) is 29.1 Å². The summed E-state index contributed by atoms with van der Waals surface area (Å²) in [6, 6.07) is 5.82. The van der Waals surface area contributed by atoms with E-state index in [1.807, 2.05) is 32.0 Å². The Kier molecular flexibility index (Phi) is 5.06. The SMILES string of the molecule is CCC(C)C(C)NC(=O)c1cc(S)ccc1C. The van der Waals surface area contributed by atoms with E-state index in [-0.39, 0.29) is 11.9 Å². The standard InChI is InChI=1S/C14H21NOS/c1-5-9(2)11(4)15-14(16)13-8-12(17)7-6-10(13)3/h6-9,11,17H,5H2,1-4H3,(H,15,16). The molecule has 0 heterocycles. The molecule has 1 aromatic rings. The molecule has 1 amide bonds. The molecule has 94 valence electrons. The van der Waals surface area contributed by atoms with Gasteiger partial charge in [0, 0.05) is 16.5 Å². The smallest absolute Gasteiger partial charge is 0.251 e. The Morgan fingerprint density at radius 1 is 1.41 bits per heavy atom. The van der Waals surface area contributed by atoms with Crippen molar-refractivity contribution in [3.63, 3.8) is 0 Å².